The number of carbonyl (C=O) groups is 3. The Morgan fingerprint density at radius 1 is 1.19 bits per heavy atom. The second-order valence-electron chi connectivity index (χ2n) is 6.92. The average Bonchev–Trinajstić information content (AvgIpc) is 2.62. The summed E-state index contributed by atoms with van der Waals surface area (Å²) in [6.07, 6.45) is 1.33. The second kappa shape index (κ2) is 8.80. The van der Waals surface area contributed by atoms with Crippen molar-refractivity contribution in [2.75, 3.05) is 25.0 Å². The van der Waals surface area contributed by atoms with Crippen LogP contribution in [-0.4, -0.2) is 48.3 Å². The largest absolute Gasteiger partial charge is 0.369 e. The summed E-state index contributed by atoms with van der Waals surface area (Å²) in [5.41, 5.74) is 8.08. The molecule has 1 saturated heterocycles. The van der Waals surface area contributed by atoms with Crippen molar-refractivity contribution in [3.63, 3.8) is 0 Å². The summed E-state index contributed by atoms with van der Waals surface area (Å²) >= 11 is 0. The van der Waals surface area contributed by atoms with Gasteiger partial charge in [0, 0.05) is 11.6 Å². The molecule has 0 unspecified atom stereocenters. The molecule has 142 valence electrons. The van der Waals surface area contributed by atoms with Crippen LogP contribution in [0.3, 0.4) is 0 Å². The lowest BCUT2D eigenvalue weighted by molar-refractivity contribution is -0.129. The van der Waals surface area contributed by atoms with Crippen LogP contribution in [0.15, 0.2) is 18.2 Å². The summed E-state index contributed by atoms with van der Waals surface area (Å²) in [4.78, 5) is 37.7. The van der Waals surface area contributed by atoms with Crippen molar-refractivity contribution >= 4 is 23.4 Å². The predicted octanol–water partition coefficient (Wildman–Crippen LogP) is 0.944. The standard InChI is InChI=1S/C19H28N4O3/c1-12-5-4-6-13(2)17(12)22-16(24)11-21-19(26)14(3)23-9-7-15(8-10-23)18(20)25/h4-6,14-15H,7-11H2,1-3H3,(H2,20,25)(H,21,26)(H,22,24)/t14-/m0/s1. The number of nitrogens with two attached hydrogens (primary N) is 1. The molecule has 0 bridgehead atoms. The maximum atomic E-state index is 12.3. The summed E-state index contributed by atoms with van der Waals surface area (Å²) in [5.74, 6) is -0.830. The highest BCUT2D eigenvalue weighted by molar-refractivity contribution is 5.96. The number of piperidine rings is 1. The SMILES string of the molecule is Cc1cccc(C)c1NC(=O)CNC(=O)[C@H](C)N1CCC(C(N)=O)CC1. The van der Waals surface area contributed by atoms with Gasteiger partial charge in [-0.25, -0.2) is 0 Å². The molecule has 0 aliphatic carbocycles. The molecule has 0 saturated carbocycles. The van der Waals surface area contributed by atoms with Gasteiger partial charge in [-0.3, -0.25) is 19.3 Å². The number of benzene rings is 1. The van der Waals surface area contributed by atoms with Crippen LogP contribution in [0.5, 0.6) is 0 Å². The van der Waals surface area contributed by atoms with E-state index in [0.717, 1.165) is 16.8 Å². The molecule has 1 aliphatic heterocycles. The molecule has 0 spiro atoms. The van der Waals surface area contributed by atoms with Crippen molar-refractivity contribution < 1.29 is 14.4 Å². The zero-order valence-electron chi connectivity index (χ0n) is 15.7. The van der Waals surface area contributed by atoms with E-state index in [1.807, 2.05) is 43.9 Å². The van der Waals surface area contributed by atoms with Crippen LogP contribution in [-0.2, 0) is 14.4 Å². The summed E-state index contributed by atoms with van der Waals surface area (Å²) in [6.45, 7) is 6.89. The molecule has 26 heavy (non-hydrogen) atoms. The molecule has 1 aromatic rings. The first kappa shape index (κ1) is 19.9. The molecule has 0 aromatic heterocycles. The minimum Gasteiger partial charge on any atom is -0.369 e. The number of nitrogens with one attached hydrogen (secondary N) is 2. The Hall–Kier alpha value is -2.41. The summed E-state index contributed by atoms with van der Waals surface area (Å²) < 4.78 is 0. The molecule has 1 fully saturated rings. The van der Waals surface area contributed by atoms with Gasteiger partial charge in [-0.2, -0.15) is 0 Å². The molecule has 7 nitrogen and oxygen atoms in total. The lowest BCUT2D eigenvalue weighted by Gasteiger charge is -2.34. The Balaban J connectivity index is 1.80. The molecule has 7 heteroatoms. The number of rotatable bonds is 6. The molecule has 0 radical (unpaired) electrons. The molecule has 4 N–H and O–H groups in total. The highest BCUT2D eigenvalue weighted by Gasteiger charge is 2.28. The third kappa shape index (κ3) is 5.05. The molecule has 3 amide bonds. The maximum Gasteiger partial charge on any atom is 0.243 e. The lowest BCUT2D eigenvalue weighted by Crippen LogP contribution is -2.50. The first-order valence-electron chi connectivity index (χ1n) is 8.96. The Bertz CT molecular complexity index is 661. The van der Waals surface area contributed by atoms with Crippen LogP contribution in [0.4, 0.5) is 5.69 Å². The number of para-hydroxylation sites is 1. The Morgan fingerprint density at radius 3 is 2.31 bits per heavy atom. The van der Waals surface area contributed by atoms with E-state index in [-0.39, 0.29) is 36.2 Å². The molecule has 1 heterocycles. The van der Waals surface area contributed by atoms with Gasteiger partial charge >= 0.3 is 0 Å². The summed E-state index contributed by atoms with van der Waals surface area (Å²) in [7, 11) is 0. The van der Waals surface area contributed by atoms with Gasteiger partial charge in [0.2, 0.25) is 17.7 Å². The normalized spacial score (nSPS) is 16.7. The minimum absolute atomic E-state index is 0.0747. The maximum absolute atomic E-state index is 12.3. The van der Waals surface area contributed by atoms with Crippen LogP contribution in [0.25, 0.3) is 0 Å². The minimum atomic E-state index is -0.350. The number of likely N-dealkylation sites (tertiary alicyclic amines) is 1. The van der Waals surface area contributed by atoms with Gasteiger partial charge in [0.25, 0.3) is 0 Å². The van der Waals surface area contributed by atoms with E-state index >= 15 is 0 Å². The highest BCUT2D eigenvalue weighted by atomic mass is 16.2. The van der Waals surface area contributed by atoms with Crippen molar-refractivity contribution in [1.29, 1.82) is 0 Å². The number of aryl methyl sites for hydroxylation is 2. The van der Waals surface area contributed by atoms with Gasteiger partial charge in [-0.1, -0.05) is 18.2 Å². The second-order valence-corrected chi connectivity index (χ2v) is 6.92. The summed E-state index contributed by atoms with van der Waals surface area (Å²) in [5, 5.41) is 5.54. The van der Waals surface area contributed by atoms with Crippen molar-refractivity contribution in [1.82, 2.24) is 10.2 Å². The molecular formula is C19H28N4O3. The van der Waals surface area contributed by atoms with E-state index in [9.17, 15) is 14.4 Å². The van der Waals surface area contributed by atoms with Crippen LogP contribution in [0.1, 0.15) is 30.9 Å². The van der Waals surface area contributed by atoms with Crippen LogP contribution in [0, 0.1) is 19.8 Å². The summed E-state index contributed by atoms with van der Waals surface area (Å²) in [6, 6.07) is 5.44. The smallest absolute Gasteiger partial charge is 0.243 e. The van der Waals surface area contributed by atoms with Crippen molar-refractivity contribution in [3.05, 3.63) is 29.3 Å². The van der Waals surface area contributed by atoms with Crippen LogP contribution in [0.2, 0.25) is 0 Å². The first-order valence-corrected chi connectivity index (χ1v) is 8.96. The monoisotopic (exact) mass is 360 g/mol. The third-order valence-electron chi connectivity index (χ3n) is 5.03. The van der Waals surface area contributed by atoms with Gasteiger partial charge in [-0.15, -0.1) is 0 Å². The molecule has 2 rings (SSSR count). The average molecular weight is 360 g/mol. The Kier molecular flexibility index (Phi) is 6.74. The fourth-order valence-electron chi connectivity index (χ4n) is 3.25. The number of primary amides is 1. The van der Waals surface area contributed by atoms with Crippen LogP contribution >= 0.6 is 0 Å². The zero-order chi connectivity index (χ0) is 19.3. The van der Waals surface area contributed by atoms with Crippen molar-refractivity contribution in [2.45, 2.75) is 39.7 Å². The topological polar surface area (TPSA) is 105 Å². The fourth-order valence-corrected chi connectivity index (χ4v) is 3.25. The van der Waals surface area contributed by atoms with E-state index < -0.39 is 0 Å². The van der Waals surface area contributed by atoms with E-state index in [1.54, 1.807) is 0 Å². The van der Waals surface area contributed by atoms with Gasteiger partial charge in [-0.05, 0) is 57.8 Å². The lowest BCUT2D eigenvalue weighted by atomic mass is 9.95. The van der Waals surface area contributed by atoms with Gasteiger partial charge in [0.15, 0.2) is 0 Å². The molecule has 1 aliphatic rings. The predicted molar refractivity (Wildman–Crippen MR) is 101 cm³/mol. The molecule has 1 atom stereocenters. The number of hydrogen-bond donors (Lipinski definition) is 3. The van der Waals surface area contributed by atoms with E-state index in [1.165, 1.54) is 0 Å². The third-order valence-corrected chi connectivity index (χ3v) is 5.03. The zero-order valence-corrected chi connectivity index (χ0v) is 15.7. The molecule has 1 aromatic carbocycles. The highest BCUT2D eigenvalue weighted by Crippen LogP contribution is 2.20. The van der Waals surface area contributed by atoms with Gasteiger partial charge in [0.1, 0.15) is 0 Å². The van der Waals surface area contributed by atoms with Crippen molar-refractivity contribution in [2.24, 2.45) is 11.7 Å². The molecular weight excluding hydrogens is 332 g/mol. The quantitative estimate of drug-likeness (QED) is 0.702. The number of hydrogen-bond acceptors (Lipinski definition) is 4. The van der Waals surface area contributed by atoms with Gasteiger partial charge in [0.05, 0.1) is 12.6 Å². The number of nitrogens with zero attached hydrogens (tertiary/aromatic N) is 1. The Morgan fingerprint density at radius 2 is 1.77 bits per heavy atom. The van der Waals surface area contributed by atoms with Gasteiger partial charge < -0.3 is 16.4 Å². The van der Waals surface area contributed by atoms with Crippen molar-refractivity contribution in [3.8, 4) is 0 Å². The van der Waals surface area contributed by atoms with Crippen LogP contribution < -0.4 is 16.4 Å². The number of amides is 3. The number of anilines is 1. The fraction of sp³-hybridized carbons (Fsp3) is 0.526. The Labute approximate surface area is 154 Å². The van der Waals surface area contributed by atoms with E-state index in [2.05, 4.69) is 10.6 Å². The van der Waals surface area contributed by atoms with E-state index in [0.29, 0.717) is 25.9 Å². The number of carbonyl (C=O) groups excluding carboxylic acids is 3. The first-order chi connectivity index (χ1) is 12.3. The van der Waals surface area contributed by atoms with E-state index in [4.69, 9.17) is 5.73 Å².